The summed E-state index contributed by atoms with van der Waals surface area (Å²) in [6, 6.07) is 14.0. The fraction of sp³-hybridized carbons (Fsp3) is 0.105. The SMILES string of the molecule is C=CCOc1c(Br)cc(Br)cc1/C=C(\C#N)c1ccc(C)cc1. The monoisotopic (exact) mass is 431 g/mol. The number of aryl methyl sites for hydroxylation is 1. The average molecular weight is 433 g/mol. The van der Waals surface area contributed by atoms with E-state index in [1.165, 1.54) is 0 Å². The van der Waals surface area contributed by atoms with Gasteiger partial charge >= 0.3 is 0 Å². The van der Waals surface area contributed by atoms with E-state index in [9.17, 15) is 5.26 Å². The molecule has 0 N–H and O–H groups in total. The van der Waals surface area contributed by atoms with Crippen LogP contribution in [0.15, 0.2) is 58.0 Å². The highest BCUT2D eigenvalue weighted by Gasteiger charge is 2.10. The molecule has 0 aromatic heterocycles. The lowest BCUT2D eigenvalue weighted by molar-refractivity contribution is 0.360. The summed E-state index contributed by atoms with van der Waals surface area (Å²) >= 11 is 6.98. The Hall–Kier alpha value is -1.83. The van der Waals surface area contributed by atoms with Gasteiger partial charge < -0.3 is 4.74 Å². The molecule has 2 aromatic carbocycles. The predicted octanol–water partition coefficient (Wildman–Crippen LogP) is 6.15. The van der Waals surface area contributed by atoms with Gasteiger partial charge in [-0.15, -0.1) is 0 Å². The van der Waals surface area contributed by atoms with Gasteiger partial charge in [0.25, 0.3) is 0 Å². The maximum absolute atomic E-state index is 9.52. The van der Waals surface area contributed by atoms with E-state index in [0.29, 0.717) is 17.9 Å². The number of benzene rings is 2. The standard InChI is InChI=1S/C19H15Br2NO/c1-3-8-23-19-15(10-17(20)11-18(19)21)9-16(12-22)14-6-4-13(2)5-7-14/h3-7,9-11H,1,8H2,2H3/b16-9+. The summed E-state index contributed by atoms with van der Waals surface area (Å²) in [6.07, 6.45) is 3.52. The molecular weight excluding hydrogens is 418 g/mol. The van der Waals surface area contributed by atoms with Crippen molar-refractivity contribution in [1.29, 1.82) is 5.26 Å². The lowest BCUT2D eigenvalue weighted by atomic mass is 10.0. The Morgan fingerprint density at radius 3 is 2.57 bits per heavy atom. The Morgan fingerprint density at radius 2 is 1.96 bits per heavy atom. The number of nitriles is 1. The molecule has 0 atom stereocenters. The molecule has 0 unspecified atom stereocenters. The fourth-order valence-electron chi connectivity index (χ4n) is 2.05. The van der Waals surface area contributed by atoms with Crippen molar-refractivity contribution in [3.05, 3.63) is 74.7 Å². The van der Waals surface area contributed by atoms with Gasteiger partial charge in [-0.3, -0.25) is 0 Å². The first-order chi connectivity index (χ1) is 11.0. The Kier molecular flexibility index (Phi) is 6.20. The minimum atomic E-state index is 0.396. The third kappa shape index (κ3) is 4.57. The van der Waals surface area contributed by atoms with Gasteiger partial charge in [-0.2, -0.15) is 5.26 Å². The van der Waals surface area contributed by atoms with Crippen molar-refractivity contribution in [3.8, 4) is 11.8 Å². The van der Waals surface area contributed by atoms with Crippen LogP contribution in [-0.2, 0) is 0 Å². The maximum Gasteiger partial charge on any atom is 0.141 e. The quantitative estimate of drug-likeness (QED) is 0.322. The van der Waals surface area contributed by atoms with Crippen molar-refractivity contribution in [1.82, 2.24) is 0 Å². The lowest BCUT2D eigenvalue weighted by Gasteiger charge is -2.11. The molecule has 0 spiro atoms. The summed E-state index contributed by atoms with van der Waals surface area (Å²) < 4.78 is 7.46. The van der Waals surface area contributed by atoms with Crippen LogP contribution in [0.4, 0.5) is 0 Å². The highest BCUT2D eigenvalue weighted by Crippen LogP contribution is 2.35. The molecule has 116 valence electrons. The van der Waals surface area contributed by atoms with Gasteiger partial charge in [0.05, 0.1) is 16.1 Å². The molecule has 0 heterocycles. The number of halogens is 2. The third-order valence-electron chi connectivity index (χ3n) is 3.17. The van der Waals surface area contributed by atoms with Crippen molar-refractivity contribution in [2.75, 3.05) is 6.61 Å². The first-order valence-corrected chi connectivity index (χ1v) is 8.55. The zero-order valence-corrected chi connectivity index (χ0v) is 15.8. The van der Waals surface area contributed by atoms with Gasteiger partial charge in [0.2, 0.25) is 0 Å². The first-order valence-electron chi connectivity index (χ1n) is 6.96. The number of rotatable bonds is 5. The minimum Gasteiger partial charge on any atom is -0.488 e. The van der Waals surface area contributed by atoms with Crippen LogP contribution in [0.3, 0.4) is 0 Å². The zero-order valence-electron chi connectivity index (χ0n) is 12.6. The largest absolute Gasteiger partial charge is 0.488 e. The molecule has 0 saturated heterocycles. The Bertz CT molecular complexity index is 786. The Balaban J connectivity index is 2.52. The number of hydrogen-bond donors (Lipinski definition) is 0. The van der Waals surface area contributed by atoms with Crippen LogP contribution in [0, 0.1) is 18.3 Å². The zero-order chi connectivity index (χ0) is 16.8. The van der Waals surface area contributed by atoms with E-state index < -0.39 is 0 Å². The summed E-state index contributed by atoms with van der Waals surface area (Å²) in [7, 11) is 0. The highest BCUT2D eigenvalue weighted by molar-refractivity contribution is 9.11. The molecule has 0 radical (unpaired) electrons. The molecular formula is C19H15Br2NO. The summed E-state index contributed by atoms with van der Waals surface area (Å²) in [5.74, 6) is 0.688. The van der Waals surface area contributed by atoms with E-state index in [4.69, 9.17) is 4.74 Å². The molecule has 2 rings (SSSR count). The van der Waals surface area contributed by atoms with Crippen molar-refractivity contribution < 1.29 is 4.74 Å². The summed E-state index contributed by atoms with van der Waals surface area (Å²) in [5, 5.41) is 9.52. The van der Waals surface area contributed by atoms with Crippen LogP contribution in [0.5, 0.6) is 5.75 Å². The van der Waals surface area contributed by atoms with Gasteiger partial charge in [-0.1, -0.05) is 58.4 Å². The first kappa shape index (κ1) is 17.5. The summed E-state index contributed by atoms with van der Waals surface area (Å²) in [6.45, 7) is 6.08. The van der Waals surface area contributed by atoms with Gasteiger partial charge in [-0.05, 0) is 46.6 Å². The van der Waals surface area contributed by atoms with Crippen molar-refractivity contribution in [2.45, 2.75) is 6.92 Å². The van der Waals surface area contributed by atoms with E-state index >= 15 is 0 Å². The van der Waals surface area contributed by atoms with Crippen molar-refractivity contribution in [2.24, 2.45) is 0 Å². The molecule has 2 aromatic rings. The van der Waals surface area contributed by atoms with E-state index in [2.05, 4.69) is 44.5 Å². The van der Waals surface area contributed by atoms with Crippen LogP contribution in [0.1, 0.15) is 16.7 Å². The molecule has 0 fully saturated rings. The molecule has 0 amide bonds. The molecule has 4 heteroatoms. The number of allylic oxidation sites excluding steroid dienone is 1. The van der Waals surface area contributed by atoms with E-state index in [1.807, 2.05) is 49.4 Å². The molecule has 0 bridgehead atoms. The number of hydrogen-bond acceptors (Lipinski definition) is 2. The second-order valence-corrected chi connectivity index (χ2v) is 6.71. The van der Waals surface area contributed by atoms with E-state index in [-0.39, 0.29) is 0 Å². The normalized spacial score (nSPS) is 11.0. The van der Waals surface area contributed by atoms with Gasteiger partial charge in [-0.25, -0.2) is 0 Å². The minimum absolute atomic E-state index is 0.396. The van der Waals surface area contributed by atoms with Crippen molar-refractivity contribution >= 4 is 43.5 Å². The summed E-state index contributed by atoms with van der Waals surface area (Å²) in [5.41, 5.74) is 3.44. The molecule has 23 heavy (non-hydrogen) atoms. The maximum atomic E-state index is 9.52. The molecule has 0 aliphatic carbocycles. The van der Waals surface area contributed by atoms with Gasteiger partial charge in [0.1, 0.15) is 12.4 Å². The lowest BCUT2D eigenvalue weighted by Crippen LogP contribution is -1.97. The Morgan fingerprint density at radius 1 is 1.26 bits per heavy atom. The van der Waals surface area contributed by atoms with Crippen molar-refractivity contribution in [3.63, 3.8) is 0 Å². The molecule has 2 nitrogen and oxygen atoms in total. The van der Waals surface area contributed by atoms with Crippen LogP contribution in [0.2, 0.25) is 0 Å². The topological polar surface area (TPSA) is 33.0 Å². The number of nitrogens with zero attached hydrogens (tertiary/aromatic N) is 1. The molecule has 0 aliphatic heterocycles. The summed E-state index contributed by atoms with van der Waals surface area (Å²) in [4.78, 5) is 0. The smallest absolute Gasteiger partial charge is 0.141 e. The van der Waals surface area contributed by atoms with Crippen LogP contribution in [0.25, 0.3) is 11.6 Å². The second-order valence-electron chi connectivity index (χ2n) is 4.94. The number of ether oxygens (including phenoxy) is 1. The van der Waals surface area contributed by atoms with Crippen LogP contribution < -0.4 is 4.74 Å². The highest BCUT2D eigenvalue weighted by atomic mass is 79.9. The predicted molar refractivity (Wildman–Crippen MR) is 102 cm³/mol. The van der Waals surface area contributed by atoms with Gasteiger partial charge in [0.15, 0.2) is 0 Å². The average Bonchev–Trinajstić information content (AvgIpc) is 2.52. The molecule has 0 aliphatic rings. The van der Waals surface area contributed by atoms with Gasteiger partial charge in [0, 0.05) is 10.0 Å². The third-order valence-corrected chi connectivity index (χ3v) is 4.21. The van der Waals surface area contributed by atoms with E-state index in [1.54, 1.807) is 6.08 Å². The van der Waals surface area contributed by atoms with Crippen LogP contribution in [-0.4, -0.2) is 6.61 Å². The fourth-order valence-corrected chi connectivity index (χ4v) is 3.42. The van der Waals surface area contributed by atoms with E-state index in [0.717, 1.165) is 25.6 Å². The second kappa shape index (κ2) is 8.14. The molecule has 0 saturated carbocycles. The Labute approximate surface area is 153 Å². The van der Waals surface area contributed by atoms with Crippen LogP contribution >= 0.6 is 31.9 Å².